The van der Waals surface area contributed by atoms with Gasteiger partial charge in [-0.15, -0.1) is 0 Å². The Morgan fingerprint density at radius 3 is 1.98 bits per heavy atom. The lowest BCUT2D eigenvalue weighted by molar-refractivity contribution is 0.617. The average Bonchev–Trinajstić information content (AvgIpc) is 3.75. The van der Waals surface area contributed by atoms with Crippen LogP contribution < -0.4 is 4.90 Å². The molecule has 6 aromatic carbocycles. The van der Waals surface area contributed by atoms with Gasteiger partial charge in [0.2, 0.25) is 5.89 Å². The van der Waals surface area contributed by atoms with Crippen molar-refractivity contribution in [1.82, 2.24) is 4.98 Å². The van der Waals surface area contributed by atoms with Gasteiger partial charge in [0, 0.05) is 33.5 Å². The SMILES string of the molecule is c1ccc(-c2nc3c(N(c4ccccc4)c4cccc5c4oc4ccccc45)c4c(cc3o2)oc2ccccc24)cc1. The minimum atomic E-state index is 0.554. The van der Waals surface area contributed by atoms with Crippen molar-refractivity contribution >= 4 is 72.0 Å². The first-order valence-electron chi connectivity index (χ1n) is 13.9. The molecule has 9 aromatic rings. The number of para-hydroxylation sites is 4. The van der Waals surface area contributed by atoms with E-state index in [1.54, 1.807) is 0 Å². The van der Waals surface area contributed by atoms with Crippen LogP contribution in [0.1, 0.15) is 0 Å². The predicted octanol–water partition coefficient (Wildman–Crippen LogP) is 10.8. The summed E-state index contributed by atoms with van der Waals surface area (Å²) in [6, 6.07) is 44.8. The number of anilines is 3. The van der Waals surface area contributed by atoms with E-state index in [1.807, 2.05) is 91.0 Å². The van der Waals surface area contributed by atoms with E-state index >= 15 is 0 Å². The molecule has 0 fully saturated rings. The van der Waals surface area contributed by atoms with Crippen molar-refractivity contribution in [1.29, 1.82) is 0 Å². The number of nitrogens with zero attached hydrogens (tertiary/aromatic N) is 2. The molecule has 3 aromatic heterocycles. The molecule has 0 saturated carbocycles. The third-order valence-electron chi connectivity index (χ3n) is 7.88. The second-order valence-corrected chi connectivity index (χ2v) is 10.4. The van der Waals surface area contributed by atoms with Crippen LogP contribution in [0.15, 0.2) is 147 Å². The van der Waals surface area contributed by atoms with Crippen molar-refractivity contribution < 1.29 is 13.3 Å². The Morgan fingerprint density at radius 1 is 0.500 bits per heavy atom. The molecule has 5 heteroatoms. The normalized spacial score (nSPS) is 11.8. The van der Waals surface area contributed by atoms with Crippen LogP contribution in [-0.2, 0) is 0 Å². The summed E-state index contributed by atoms with van der Waals surface area (Å²) in [4.78, 5) is 7.36. The van der Waals surface area contributed by atoms with Crippen LogP contribution in [0.2, 0.25) is 0 Å². The second-order valence-electron chi connectivity index (χ2n) is 10.4. The fraction of sp³-hybridized carbons (Fsp3) is 0. The summed E-state index contributed by atoms with van der Waals surface area (Å²) in [7, 11) is 0. The molecule has 5 nitrogen and oxygen atoms in total. The van der Waals surface area contributed by atoms with E-state index in [0.717, 1.165) is 72.0 Å². The molecule has 198 valence electrons. The van der Waals surface area contributed by atoms with Crippen molar-refractivity contribution in [2.24, 2.45) is 0 Å². The van der Waals surface area contributed by atoms with Gasteiger partial charge in [0.1, 0.15) is 22.3 Å². The number of rotatable bonds is 4. The lowest BCUT2D eigenvalue weighted by atomic mass is 10.1. The van der Waals surface area contributed by atoms with Crippen LogP contribution >= 0.6 is 0 Å². The highest BCUT2D eigenvalue weighted by Gasteiger charge is 2.28. The molecule has 0 radical (unpaired) electrons. The maximum atomic E-state index is 6.57. The van der Waals surface area contributed by atoms with Crippen LogP contribution in [0.3, 0.4) is 0 Å². The molecule has 3 heterocycles. The Bertz CT molecular complexity index is 2420. The molecule has 0 bridgehead atoms. The van der Waals surface area contributed by atoms with Gasteiger partial charge in [0.25, 0.3) is 0 Å². The highest BCUT2D eigenvalue weighted by Crippen LogP contribution is 2.49. The van der Waals surface area contributed by atoms with E-state index in [2.05, 4.69) is 47.4 Å². The molecule has 0 aliphatic heterocycles. The van der Waals surface area contributed by atoms with Crippen molar-refractivity contribution in [2.45, 2.75) is 0 Å². The standard InChI is InChI=1S/C37H22N2O3/c1-3-12-23(13-4-1)37-38-34-32(42-37)22-31-33(27-17-8-10-21-30(27)40-31)35(34)39(24-14-5-2-6-15-24)28-19-11-18-26-25-16-7-9-20-29(25)41-36(26)28/h1-22H. The number of hydrogen-bond acceptors (Lipinski definition) is 5. The molecule has 0 N–H and O–H groups in total. The highest BCUT2D eigenvalue weighted by molar-refractivity contribution is 6.21. The van der Waals surface area contributed by atoms with Crippen LogP contribution in [-0.4, -0.2) is 4.98 Å². The lowest BCUT2D eigenvalue weighted by Gasteiger charge is -2.26. The molecule has 0 spiro atoms. The van der Waals surface area contributed by atoms with Gasteiger partial charge in [-0.2, -0.15) is 0 Å². The first-order chi connectivity index (χ1) is 20.8. The number of furan rings is 2. The minimum Gasteiger partial charge on any atom is -0.456 e. The van der Waals surface area contributed by atoms with E-state index < -0.39 is 0 Å². The summed E-state index contributed by atoms with van der Waals surface area (Å²) in [6.07, 6.45) is 0. The van der Waals surface area contributed by atoms with Gasteiger partial charge in [-0.25, -0.2) is 4.98 Å². The zero-order valence-corrected chi connectivity index (χ0v) is 22.3. The Morgan fingerprint density at radius 2 is 1.17 bits per heavy atom. The Hall–Kier alpha value is -5.81. The van der Waals surface area contributed by atoms with Crippen molar-refractivity contribution in [3.05, 3.63) is 133 Å². The summed E-state index contributed by atoms with van der Waals surface area (Å²) >= 11 is 0. The van der Waals surface area contributed by atoms with E-state index in [9.17, 15) is 0 Å². The zero-order chi connectivity index (χ0) is 27.6. The number of benzene rings is 6. The second kappa shape index (κ2) is 8.85. The molecule has 0 aliphatic rings. The molecule has 0 atom stereocenters. The molecule has 0 unspecified atom stereocenters. The summed E-state index contributed by atoms with van der Waals surface area (Å²) in [5.41, 5.74) is 8.21. The summed E-state index contributed by atoms with van der Waals surface area (Å²) in [6.45, 7) is 0. The van der Waals surface area contributed by atoms with Crippen LogP contribution in [0.5, 0.6) is 0 Å². The smallest absolute Gasteiger partial charge is 0.227 e. The van der Waals surface area contributed by atoms with Crippen molar-refractivity contribution in [3.8, 4) is 11.5 Å². The van der Waals surface area contributed by atoms with Crippen LogP contribution in [0.4, 0.5) is 17.1 Å². The summed E-state index contributed by atoms with van der Waals surface area (Å²) in [5, 5.41) is 4.09. The largest absolute Gasteiger partial charge is 0.456 e. The Balaban J connectivity index is 1.45. The number of oxazole rings is 1. The monoisotopic (exact) mass is 542 g/mol. The molecule has 42 heavy (non-hydrogen) atoms. The average molecular weight is 543 g/mol. The minimum absolute atomic E-state index is 0.554. The molecule has 9 rings (SSSR count). The number of fused-ring (bicyclic) bond motifs is 7. The van der Waals surface area contributed by atoms with Gasteiger partial charge in [0.15, 0.2) is 11.2 Å². The number of aromatic nitrogens is 1. The van der Waals surface area contributed by atoms with Gasteiger partial charge >= 0.3 is 0 Å². The van der Waals surface area contributed by atoms with E-state index in [1.165, 1.54) is 0 Å². The van der Waals surface area contributed by atoms with E-state index in [0.29, 0.717) is 11.5 Å². The highest BCUT2D eigenvalue weighted by atomic mass is 16.4. The van der Waals surface area contributed by atoms with Crippen molar-refractivity contribution in [3.63, 3.8) is 0 Å². The van der Waals surface area contributed by atoms with Crippen LogP contribution in [0, 0.1) is 0 Å². The predicted molar refractivity (Wildman–Crippen MR) is 169 cm³/mol. The fourth-order valence-electron chi connectivity index (χ4n) is 6.04. The number of hydrogen-bond donors (Lipinski definition) is 0. The Kier molecular flexibility index (Phi) is 4.83. The third-order valence-corrected chi connectivity index (χ3v) is 7.88. The molecular weight excluding hydrogens is 520 g/mol. The molecule has 0 aliphatic carbocycles. The maximum Gasteiger partial charge on any atom is 0.227 e. The maximum absolute atomic E-state index is 6.57. The summed E-state index contributed by atoms with van der Waals surface area (Å²) < 4.78 is 19.4. The topological polar surface area (TPSA) is 55.6 Å². The zero-order valence-electron chi connectivity index (χ0n) is 22.3. The van der Waals surface area contributed by atoms with Gasteiger partial charge in [-0.1, -0.05) is 84.9 Å². The van der Waals surface area contributed by atoms with Crippen LogP contribution in [0.25, 0.3) is 66.4 Å². The van der Waals surface area contributed by atoms with Gasteiger partial charge in [0.05, 0.1) is 16.8 Å². The lowest BCUT2D eigenvalue weighted by Crippen LogP contribution is -2.11. The van der Waals surface area contributed by atoms with Gasteiger partial charge in [-0.3, -0.25) is 0 Å². The van der Waals surface area contributed by atoms with Gasteiger partial charge < -0.3 is 18.2 Å². The summed E-state index contributed by atoms with van der Waals surface area (Å²) in [5.74, 6) is 0.554. The molecule has 0 saturated heterocycles. The molecule has 0 amide bonds. The third kappa shape index (κ3) is 3.34. The Labute approximate surface area is 239 Å². The van der Waals surface area contributed by atoms with Gasteiger partial charge in [-0.05, 0) is 42.5 Å². The quantitative estimate of drug-likeness (QED) is 0.221. The fourth-order valence-corrected chi connectivity index (χ4v) is 6.04. The van der Waals surface area contributed by atoms with Crippen molar-refractivity contribution in [2.75, 3.05) is 4.90 Å². The first-order valence-corrected chi connectivity index (χ1v) is 13.9. The van der Waals surface area contributed by atoms with E-state index in [-0.39, 0.29) is 0 Å². The molecular formula is C37H22N2O3. The first kappa shape index (κ1) is 22.9. The van der Waals surface area contributed by atoms with E-state index in [4.69, 9.17) is 18.2 Å².